The second-order valence-corrected chi connectivity index (χ2v) is 5.64. The number of carboxylic acids is 1. The Labute approximate surface area is 125 Å². The topological polar surface area (TPSA) is 91.2 Å². The summed E-state index contributed by atoms with van der Waals surface area (Å²) in [6, 6.07) is 5.59. The van der Waals surface area contributed by atoms with Gasteiger partial charge in [0.25, 0.3) is 0 Å². The minimum Gasteiger partial charge on any atom is -0.481 e. The Hall–Kier alpha value is -2.22. The van der Waals surface area contributed by atoms with Gasteiger partial charge in [0.2, 0.25) is 0 Å². The van der Waals surface area contributed by atoms with Crippen LogP contribution in [0.2, 0.25) is 0 Å². The van der Waals surface area contributed by atoms with E-state index in [1.54, 1.807) is 0 Å². The number of H-pyrrole nitrogens is 1. The van der Waals surface area contributed by atoms with Crippen LogP contribution in [0.3, 0.4) is 0 Å². The summed E-state index contributed by atoms with van der Waals surface area (Å²) in [5.74, 6) is -1.11. The second kappa shape index (κ2) is 6.04. The Balaban J connectivity index is 2.47. The molecule has 0 amide bonds. The molecule has 0 radical (unpaired) electrons. The Morgan fingerprint density at radius 1 is 1.48 bits per heavy atom. The van der Waals surface area contributed by atoms with Crippen LogP contribution >= 0.6 is 11.8 Å². The maximum Gasteiger partial charge on any atom is 0.348 e. The number of aromatic nitrogens is 3. The third kappa shape index (κ3) is 3.27. The Kier molecular flexibility index (Phi) is 4.37. The van der Waals surface area contributed by atoms with Gasteiger partial charge in [-0.2, -0.15) is 0 Å². The van der Waals surface area contributed by atoms with Gasteiger partial charge in [0.15, 0.2) is 5.16 Å². The molecule has 0 aliphatic heterocycles. The van der Waals surface area contributed by atoms with Crippen LogP contribution in [-0.2, 0) is 4.79 Å². The highest BCUT2D eigenvalue weighted by atomic mass is 32.2. The number of carboxylic acid groups (broad SMARTS) is 1. The summed E-state index contributed by atoms with van der Waals surface area (Å²) < 4.78 is 1.38. The van der Waals surface area contributed by atoms with Crippen molar-refractivity contribution in [1.29, 1.82) is 0 Å². The van der Waals surface area contributed by atoms with Gasteiger partial charge in [-0.05, 0) is 24.6 Å². The van der Waals surface area contributed by atoms with Gasteiger partial charge >= 0.3 is 11.7 Å². The molecule has 2 N–H and O–H groups in total. The third-order valence-corrected chi connectivity index (χ3v) is 3.82. The van der Waals surface area contributed by atoms with Crippen LogP contribution in [0.1, 0.15) is 5.56 Å². The predicted molar refractivity (Wildman–Crippen MR) is 81.6 cm³/mol. The van der Waals surface area contributed by atoms with Gasteiger partial charge in [0, 0.05) is 19.8 Å². The molecule has 8 heteroatoms. The normalized spacial score (nSPS) is 10.6. The molecule has 1 aromatic heterocycles. The molecule has 2 rings (SSSR count). The lowest BCUT2D eigenvalue weighted by Crippen LogP contribution is -2.17. The van der Waals surface area contributed by atoms with E-state index in [0.717, 1.165) is 23.0 Å². The van der Waals surface area contributed by atoms with E-state index in [9.17, 15) is 9.59 Å². The van der Waals surface area contributed by atoms with E-state index in [4.69, 9.17) is 5.11 Å². The summed E-state index contributed by atoms with van der Waals surface area (Å²) >= 11 is 0.997. The zero-order valence-corrected chi connectivity index (χ0v) is 12.8. The molecule has 0 unspecified atom stereocenters. The Bertz CT molecular complexity index is 720. The average Bonchev–Trinajstić information content (AvgIpc) is 2.78. The van der Waals surface area contributed by atoms with Crippen LogP contribution in [0.5, 0.6) is 0 Å². The smallest absolute Gasteiger partial charge is 0.348 e. The first-order chi connectivity index (χ1) is 9.90. The van der Waals surface area contributed by atoms with Crippen LogP contribution < -0.4 is 10.6 Å². The molecule has 0 bridgehead atoms. The van der Waals surface area contributed by atoms with Gasteiger partial charge in [0.05, 0.1) is 11.4 Å². The van der Waals surface area contributed by atoms with Crippen molar-refractivity contribution in [2.75, 3.05) is 24.7 Å². The zero-order chi connectivity index (χ0) is 15.6. The van der Waals surface area contributed by atoms with Crippen LogP contribution in [0.25, 0.3) is 5.69 Å². The molecular formula is C13H16N4O3S. The number of thioether (sulfide) groups is 1. The highest BCUT2D eigenvalue weighted by Crippen LogP contribution is 2.24. The molecule has 0 aliphatic carbocycles. The number of rotatable bonds is 5. The van der Waals surface area contributed by atoms with Gasteiger partial charge in [-0.25, -0.2) is 14.5 Å². The quantitative estimate of drug-likeness (QED) is 0.804. The number of nitrogens with one attached hydrogen (secondary N) is 1. The van der Waals surface area contributed by atoms with Gasteiger partial charge in [-0.1, -0.05) is 17.8 Å². The van der Waals surface area contributed by atoms with Gasteiger partial charge in [-0.3, -0.25) is 4.79 Å². The van der Waals surface area contributed by atoms with Gasteiger partial charge in [-0.15, -0.1) is 5.10 Å². The van der Waals surface area contributed by atoms with Crippen LogP contribution in [0.4, 0.5) is 5.69 Å². The molecule has 2 aromatic rings. The number of carbonyl (C=O) groups is 1. The highest BCUT2D eigenvalue weighted by molar-refractivity contribution is 7.99. The molecule has 0 spiro atoms. The Morgan fingerprint density at radius 2 is 2.19 bits per heavy atom. The van der Waals surface area contributed by atoms with Crippen molar-refractivity contribution in [3.8, 4) is 5.69 Å². The summed E-state index contributed by atoms with van der Waals surface area (Å²) in [6.45, 7) is 1.98. The fourth-order valence-electron chi connectivity index (χ4n) is 1.95. The fraction of sp³-hybridized carbons (Fsp3) is 0.308. The number of hydrogen-bond donors (Lipinski definition) is 2. The standard InChI is InChI=1S/C13H16N4O3S/c1-8-4-5-9(6-10(8)16(2)3)17-12(20)14-15-13(17)21-7-11(18)19/h4-6H,7H2,1-3H3,(H,14,20)(H,18,19). The van der Waals surface area contributed by atoms with Gasteiger partial charge in [0.1, 0.15) is 0 Å². The van der Waals surface area contributed by atoms with Crippen molar-refractivity contribution in [3.05, 3.63) is 34.2 Å². The van der Waals surface area contributed by atoms with Crippen LogP contribution in [0.15, 0.2) is 28.2 Å². The molecule has 7 nitrogen and oxygen atoms in total. The first kappa shape index (κ1) is 15.2. The highest BCUT2D eigenvalue weighted by Gasteiger charge is 2.14. The van der Waals surface area contributed by atoms with E-state index < -0.39 is 11.7 Å². The van der Waals surface area contributed by atoms with Crippen molar-refractivity contribution in [3.63, 3.8) is 0 Å². The number of benzene rings is 1. The number of aryl methyl sites for hydroxylation is 1. The molecule has 0 saturated heterocycles. The summed E-state index contributed by atoms with van der Waals surface area (Å²) in [6.07, 6.45) is 0. The van der Waals surface area contributed by atoms with E-state index in [1.165, 1.54) is 4.57 Å². The maximum atomic E-state index is 11.9. The molecule has 0 saturated carbocycles. The predicted octanol–water partition coefficient (Wildman–Crippen LogP) is 1.11. The van der Waals surface area contributed by atoms with Crippen LogP contribution in [-0.4, -0.2) is 45.7 Å². The lowest BCUT2D eigenvalue weighted by Gasteiger charge is -2.17. The van der Waals surface area contributed by atoms with Crippen molar-refractivity contribution < 1.29 is 9.90 Å². The lowest BCUT2D eigenvalue weighted by atomic mass is 10.1. The monoisotopic (exact) mass is 308 g/mol. The molecule has 1 aromatic carbocycles. The van der Waals surface area contributed by atoms with Crippen molar-refractivity contribution >= 4 is 23.4 Å². The molecular weight excluding hydrogens is 292 g/mol. The third-order valence-electron chi connectivity index (χ3n) is 2.90. The minimum absolute atomic E-state index is 0.156. The molecule has 112 valence electrons. The summed E-state index contributed by atoms with van der Waals surface area (Å²) in [5.41, 5.74) is 2.32. The Morgan fingerprint density at radius 3 is 2.81 bits per heavy atom. The fourth-order valence-corrected chi connectivity index (χ4v) is 2.63. The van der Waals surface area contributed by atoms with Gasteiger partial charge < -0.3 is 10.0 Å². The van der Waals surface area contributed by atoms with E-state index in [0.29, 0.717) is 10.8 Å². The summed E-state index contributed by atoms with van der Waals surface area (Å²) in [4.78, 5) is 24.5. The van der Waals surface area contributed by atoms with Crippen molar-refractivity contribution in [2.24, 2.45) is 0 Å². The number of hydrogen-bond acceptors (Lipinski definition) is 5. The lowest BCUT2D eigenvalue weighted by molar-refractivity contribution is -0.133. The first-order valence-corrected chi connectivity index (χ1v) is 7.19. The van der Waals surface area contributed by atoms with Crippen LogP contribution in [0, 0.1) is 6.92 Å². The first-order valence-electron chi connectivity index (χ1n) is 6.20. The number of aliphatic carboxylic acids is 1. The second-order valence-electron chi connectivity index (χ2n) is 4.69. The largest absolute Gasteiger partial charge is 0.481 e. The molecule has 21 heavy (non-hydrogen) atoms. The number of anilines is 1. The summed E-state index contributed by atoms with van der Waals surface area (Å²) in [5, 5.41) is 15.3. The molecule has 0 aliphatic rings. The van der Waals surface area contributed by atoms with Crippen molar-refractivity contribution in [1.82, 2.24) is 14.8 Å². The molecule has 0 atom stereocenters. The molecule has 0 fully saturated rings. The van der Waals surface area contributed by atoms with E-state index in [-0.39, 0.29) is 5.75 Å². The van der Waals surface area contributed by atoms with Crippen molar-refractivity contribution in [2.45, 2.75) is 12.1 Å². The average molecular weight is 308 g/mol. The van der Waals surface area contributed by atoms with E-state index in [1.807, 2.05) is 44.1 Å². The summed E-state index contributed by atoms with van der Waals surface area (Å²) in [7, 11) is 3.84. The van der Waals surface area contributed by atoms with E-state index in [2.05, 4.69) is 10.2 Å². The zero-order valence-electron chi connectivity index (χ0n) is 12.0. The van der Waals surface area contributed by atoms with E-state index >= 15 is 0 Å². The maximum absolute atomic E-state index is 11.9. The SMILES string of the molecule is Cc1ccc(-n2c(SCC(=O)O)n[nH]c2=O)cc1N(C)C. The number of aromatic amines is 1. The number of nitrogens with zero attached hydrogens (tertiary/aromatic N) is 3. The molecule has 1 heterocycles. The minimum atomic E-state index is -0.958.